The Labute approximate surface area is 123 Å². The van der Waals surface area contributed by atoms with Crippen molar-refractivity contribution in [2.24, 2.45) is 0 Å². The summed E-state index contributed by atoms with van der Waals surface area (Å²) >= 11 is 0. The van der Waals surface area contributed by atoms with Crippen LogP contribution in [0.4, 0.5) is 0 Å². The lowest BCUT2D eigenvalue weighted by Gasteiger charge is -2.29. The normalized spacial score (nSPS) is 14.0. The number of hydrogen-bond donors (Lipinski definition) is 1. The van der Waals surface area contributed by atoms with E-state index < -0.39 is 0 Å². The molecule has 0 saturated heterocycles. The van der Waals surface area contributed by atoms with Crippen molar-refractivity contribution in [2.45, 2.75) is 13.0 Å². The van der Waals surface area contributed by atoms with Gasteiger partial charge in [0.05, 0.1) is 7.11 Å². The number of methoxy groups -OCH3 is 1. The van der Waals surface area contributed by atoms with Gasteiger partial charge in [0.1, 0.15) is 0 Å². The number of ether oxygens (including phenoxy) is 1. The van der Waals surface area contributed by atoms with Gasteiger partial charge >= 0.3 is 0 Å². The van der Waals surface area contributed by atoms with Gasteiger partial charge in [-0.2, -0.15) is 0 Å². The summed E-state index contributed by atoms with van der Waals surface area (Å²) in [6, 6.07) is 13.2. The summed E-state index contributed by atoms with van der Waals surface area (Å²) in [5.74, 6) is 0.377. The second-order valence-corrected chi connectivity index (χ2v) is 5.14. The number of aromatic hydroxyl groups is 1. The second-order valence-electron chi connectivity index (χ2n) is 5.14. The zero-order valence-electron chi connectivity index (χ0n) is 11.9. The lowest BCUT2D eigenvalue weighted by atomic mass is 9.97. The smallest absolute Gasteiger partial charge is 0.254 e. The summed E-state index contributed by atoms with van der Waals surface area (Å²) in [7, 11) is 1.51. The highest BCUT2D eigenvalue weighted by molar-refractivity contribution is 5.97. The van der Waals surface area contributed by atoms with Crippen molar-refractivity contribution in [1.82, 2.24) is 4.90 Å². The summed E-state index contributed by atoms with van der Waals surface area (Å²) in [5.41, 5.74) is 2.60. The summed E-state index contributed by atoms with van der Waals surface area (Å²) in [6.45, 7) is 1.26. The average molecular weight is 283 g/mol. The first-order valence-corrected chi connectivity index (χ1v) is 6.92. The summed E-state index contributed by atoms with van der Waals surface area (Å²) in [6.07, 6.45) is 0.768. The molecule has 1 aliphatic rings. The maximum absolute atomic E-state index is 12.5. The zero-order valence-corrected chi connectivity index (χ0v) is 11.9. The van der Waals surface area contributed by atoms with Crippen LogP contribution in [-0.2, 0) is 13.0 Å². The number of hydrogen-bond acceptors (Lipinski definition) is 3. The number of nitrogens with zero attached hydrogens (tertiary/aromatic N) is 1. The van der Waals surface area contributed by atoms with Crippen LogP contribution in [-0.4, -0.2) is 29.6 Å². The molecule has 0 bridgehead atoms. The first kappa shape index (κ1) is 13.5. The molecule has 0 radical (unpaired) electrons. The van der Waals surface area contributed by atoms with E-state index in [9.17, 15) is 9.90 Å². The molecule has 0 aromatic heterocycles. The number of amides is 1. The number of phenolic OH excluding ortho intramolecular Hbond substituents is 1. The van der Waals surface area contributed by atoms with Crippen LogP contribution in [0.1, 0.15) is 21.5 Å². The summed E-state index contributed by atoms with van der Waals surface area (Å²) in [5, 5.41) is 9.86. The highest BCUT2D eigenvalue weighted by atomic mass is 16.5. The van der Waals surface area contributed by atoms with E-state index in [1.54, 1.807) is 6.07 Å². The van der Waals surface area contributed by atoms with E-state index in [-0.39, 0.29) is 11.7 Å². The van der Waals surface area contributed by atoms with Crippen LogP contribution in [0.5, 0.6) is 11.5 Å². The van der Waals surface area contributed by atoms with Crippen LogP contribution in [0.25, 0.3) is 0 Å². The van der Waals surface area contributed by atoms with Crippen molar-refractivity contribution in [2.75, 3.05) is 13.7 Å². The molecular weight excluding hydrogens is 266 g/mol. The number of fused-ring (bicyclic) bond motifs is 1. The Bertz CT molecular complexity index is 667. The van der Waals surface area contributed by atoms with E-state index in [1.807, 2.05) is 35.2 Å². The maximum Gasteiger partial charge on any atom is 0.254 e. The lowest BCUT2D eigenvalue weighted by molar-refractivity contribution is 0.0726. The van der Waals surface area contributed by atoms with Crippen molar-refractivity contribution in [1.29, 1.82) is 0 Å². The predicted octanol–water partition coefficient (Wildman–Crippen LogP) is 2.60. The molecule has 2 aromatic carbocycles. The molecule has 0 atom stereocenters. The fourth-order valence-electron chi connectivity index (χ4n) is 2.66. The van der Waals surface area contributed by atoms with Crippen LogP contribution in [0.2, 0.25) is 0 Å². The first-order valence-electron chi connectivity index (χ1n) is 6.92. The van der Waals surface area contributed by atoms with Crippen molar-refractivity contribution in [3.63, 3.8) is 0 Å². The predicted molar refractivity (Wildman–Crippen MR) is 79.5 cm³/mol. The molecule has 3 rings (SSSR count). The first-order chi connectivity index (χ1) is 10.2. The Balaban J connectivity index is 1.87. The molecule has 2 aromatic rings. The molecule has 1 N–H and O–H groups in total. The van der Waals surface area contributed by atoms with E-state index in [0.717, 1.165) is 17.5 Å². The Morgan fingerprint density at radius 3 is 2.71 bits per heavy atom. The molecule has 4 heteroatoms. The fraction of sp³-hybridized carbons (Fsp3) is 0.235. The molecule has 0 saturated carbocycles. The Morgan fingerprint density at radius 1 is 1.24 bits per heavy atom. The average Bonchev–Trinajstić information content (AvgIpc) is 2.51. The molecule has 1 aliphatic heterocycles. The third-order valence-corrected chi connectivity index (χ3v) is 3.79. The van der Waals surface area contributed by atoms with Crippen LogP contribution in [0.3, 0.4) is 0 Å². The topological polar surface area (TPSA) is 49.8 Å². The van der Waals surface area contributed by atoms with Crippen molar-refractivity contribution in [3.8, 4) is 11.5 Å². The van der Waals surface area contributed by atoms with Crippen LogP contribution in [0, 0.1) is 0 Å². The van der Waals surface area contributed by atoms with E-state index in [4.69, 9.17) is 4.74 Å². The molecular formula is C17H17NO3. The van der Waals surface area contributed by atoms with Gasteiger partial charge in [-0.25, -0.2) is 0 Å². The summed E-state index contributed by atoms with van der Waals surface area (Å²) in [4.78, 5) is 14.4. The van der Waals surface area contributed by atoms with Crippen molar-refractivity contribution < 1.29 is 14.6 Å². The van der Waals surface area contributed by atoms with E-state index in [0.29, 0.717) is 24.4 Å². The molecule has 4 nitrogen and oxygen atoms in total. The second kappa shape index (κ2) is 5.48. The monoisotopic (exact) mass is 283 g/mol. The number of phenols is 1. The van der Waals surface area contributed by atoms with Crippen LogP contribution < -0.4 is 4.74 Å². The lowest BCUT2D eigenvalue weighted by Crippen LogP contribution is -2.37. The van der Waals surface area contributed by atoms with Gasteiger partial charge in [-0.3, -0.25) is 4.79 Å². The van der Waals surface area contributed by atoms with Gasteiger partial charge in [0.25, 0.3) is 5.91 Å². The number of carbonyl (C=O) groups excluding carboxylic acids is 1. The largest absolute Gasteiger partial charge is 0.504 e. The van der Waals surface area contributed by atoms with E-state index in [1.165, 1.54) is 13.2 Å². The molecule has 0 spiro atoms. The van der Waals surface area contributed by atoms with Crippen molar-refractivity contribution in [3.05, 3.63) is 59.2 Å². The minimum Gasteiger partial charge on any atom is -0.504 e. The molecule has 0 fully saturated rings. The van der Waals surface area contributed by atoms with E-state index >= 15 is 0 Å². The molecule has 1 heterocycles. The molecule has 0 unspecified atom stereocenters. The van der Waals surface area contributed by atoms with Crippen LogP contribution >= 0.6 is 0 Å². The highest BCUT2D eigenvalue weighted by Crippen LogP contribution is 2.32. The van der Waals surface area contributed by atoms with Gasteiger partial charge in [-0.05, 0) is 29.7 Å². The third-order valence-electron chi connectivity index (χ3n) is 3.79. The minimum atomic E-state index is -0.0435. The minimum absolute atomic E-state index is 0.00570. The Hall–Kier alpha value is -2.49. The highest BCUT2D eigenvalue weighted by Gasteiger charge is 2.26. The van der Waals surface area contributed by atoms with Gasteiger partial charge in [0.15, 0.2) is 11.5 Å². The maximum atomic E-state index is 12.5. The Kier molecular flexibility index (Phi) is 3.52. The van der Waals surface area contributed by atoms with E-state index in [2.05, 4.69) is 0 Å². The van der Waals surface area contributed by atoms with Gasteiger partial charge < -0.3 is 14.7 Å². The molecule has 108 valence electrons. The molecule has 21 heavy (non-hydrogen) atoms. The standard InChI is InChI=1S/C17H17NO3/c1-21-16-9-13-7-8-18(11-12-5-3-2-4-6-12)17(20)14(13)10-15(16)19/h2-6,9-10,19H,7-8,11H2,1H3. The summed E-state index contributed by atoms with van der Waals surface area (Å²) < 4.78 is 5.09. The van der Waals surface area contributed by atoms with Gasteiger partial charge in [0, 0.05) is 18.7 Å². The van der Waals surface area contributed by atoms with Crippen LogP contribution in [0.15, 0.2) is 42.5 Å². The Morgan fingerprint density at radius 2 is 2.00 bits per heavy atom. The SMILES string of the molecule is COc1cc2c(cc1O)C(=O)N(Cc1ccccc1)CC2. The third kappa shape index (κ3) is 2.57. The van der Waals surface area contributed by atoms with Gasteiger partial charge in [-0.15, -0.1) is 0 Å². The molecule has 1 amide bonds. The number of carbonyl (C=O) groups is 1. The fourth-order valence-corrected chi connectivity index (χ4v) is 2.66. The quantitative estimate of drug-likeness (QED) is 0.942. The number of benzene rings is 2. The number of rotatable bonds is 3. The molecule has 0 aliphatic carbocycles. The zero-order chi connectivity index (χ0) is 14.8. The van der Waals surface area contributed by atoms with Gasteiger partial charge in [0.2, 0.25) is 0 Å². The van der Waals surface area contributed by atoms with Gasteiger partial charge in [-0.1, -0.05) is 30.3 Å². The van der Waals surface area contributed by atoms with Crippen molar-refractivity contribution >= 4 is 5.91 Å².